The van der Waals surface area contributed by atoms with Crippen molar-refractivity contribution in [1.29, 1.82) is 0 Å². The lowest BCUT2D eigenvalue weighted by Gasteiger charge is -2.22. The second-order valence-corrected chi connectivity index (χ2v) is 10.5. The summed E-state index contributed by atoms with van der Waals surface area (Å²) in [6.07, 6.45) is 2.03. The second kappa shape index (κ2) is 6.51. The summed E-state index contributed by atoms with van der Waals surface area (Å²) in [6, 6.07) is 24.6. The zero-order valence-electron chi connectivity index (χ0n) is 18.4. The Hall–Kier alpha value is -2.97. The van der Waals surface area contributed by atoms with Crippen LogP contribution in [0.1, 0.15) is 50.3 Å². The van der Waals surface area contributed by atoms with E-state index < -0.39 is 0 Å². The summed E-state index contributed by atoms with van der Waals surface area (Å²) < 4.78 is 1.37. The fraction of sp³-hybridized carbons (Fsp3) is 0.207. The first kappa shape index (κ1) is 18.8. The Balaban J connectivity index is 1.62. The van der Waals surface area contributed by atoms with Crippen LogP contribution in [-0.4, -0.2) is 4.98 Å². The molecule has 0 radical (unpaired) electrons. The van der Waals surface area contributed by atoms with E-state index in [0.717, 1.165) is 5.69 Å². The van der Waals surface area contributed by atoms with E-state index in [0.29, 0.717) is 5.92 Å². The SMILES string of the molecule is CC(C)c1ccc2cnc(-c3cccc4c3-c3sc5ccccc5c3C4(C)C)cc2c1. The number of fused-ring (bicyclic) bond motifs is 6. The van der Waals surface area contributed by atoms with Gasteiger partial charge in [0.25, 0.3) is 0 Å². The van der Waals surface area contributed by atoms with E-state index in [9.17, 15) is 0 Å². The van der Waals surface area contributed by atoms with Crippen LogP contribution in [0.2, 0.25) is 0 Å². The average Bonchev–Trinajstić information content (AvgIpc) is 3.27. The topological polar surface area (TPSA) is 12.9 Å². The van der Waals surface area contributed by atoms with Crippen LogP contribution in [0.5, 0.6) is 0 Å². The maximum Gasteiger partial charge on any atom is 0.0715 e. The van der Waals surface area contributed by atoms with E-state index in [1.54, 1.807) is 0 Å². The molecular weight excluding hydrogens is 394 g/mol. The summed E-state index contributed by atoms with van der Waals surface area (Å²) in [5, 5.41) is 3.86. The standard InChI is InChI=1S/C29H25NS/c1-17(2)18-12-13-19-16-30-24(15-20(19)14-18)21-9-7-10-23-26(21)28-27(29(23,3)4)22-8-5-6-11-25(22)31-28/h5-17H,1-4H3. The van der Waals surface area contributed by atoms with Crippen LogP contribution in [0, 0.1) is 0 Å². The number of thiophene rings is 1. The van der Waals surface area contributed by atoms with E-state index in [2.05, 4.69) is 94.4 Å². The molecule has 0 saturated heterocycles. The van der Waals surface area contributed by atoms with Crippen LogP contribution in [0.25, 0.3) is 42.6 Å². The predicted octanol–water partition coefficient (Wildman–Crippen LogP) is 8.55. The molecule has 0 fully saturated rings. The van der Waals surface area contributed by atoms with Gasteiger partial charge >= 0.3 is 0 Å². The molecule has 31 heavy (non-hydrogen) atoms. The van der Waals surface area contributed by atoms with Crippen molar-refractivity contribution >= 4 is 32.2 Å². The van der Waals surface area contributed by atoms with E-state index in [1.807, 2.05) is 17.5 Å². The monoisotopic (exact) mass is 419 g/mol. The van der Waals surface area contributed by atoms with Gasteiger partial charge in [-0.3, -0.25) is 4.98 Å². The third-order valence-electron chi connectivity index (χ3n) is 6.87. The minimum absolute atomic E-state index is 0.0120. The van der Waals surface area contributed by atoms with Crippen molar-refractivity contribution in [2.75, 3.05) is 0 Å². The van der Waals surface area contributed by atoms with Crippen LogP contribution in [0.15, 0.2) is 72.9 Å². The predicted molar refractivity (Wildman–Crippen MR) is 134 cm³/mol. The molecule has 2 heteroatoms. The second-order valence-electron chi connectivity index (χ2n) is 9.49. The van der Waals surface area contributed by atoms with Crippen LogP contribution < -0.4 is 0 Å². The van der Waals surface area contributed by atoms with Gasteiger partial charge in [0, 0.05) is 37.7 Å². The van der Waals surface area contributed by atoms with Crippen LogP contribution in [-0.2, 0) is 5.41 Å². The lowest BCUT2D eigenvalue weighted by molar-refractivity contribution is 0.667. The van der Waals surface area contributed by atoms with Crippen molar-refractivity contribution in [3.05, 3.63) is 89.6 Å². The van der Waals surface area contributed by atoms with Gasteiger partial charge in [-0.05, 0) is 45.5 Å². The van der Waals surface area contributed by atoms with Gasteiger partial charge in [0.15, 0.2) is 0 Å². The molecule has 2 heterocycles. The van der Waals surface area contributed by atoms with Crippen molar-refractivity contribution in [3.8, 4) is 21.7 Å². The third-order valence-corrected chi connectivity index (χ3v) is 8.06. The average molecular weight is 420 g/mol. The molecule has 1 nitrogen and oxygen atoms in total. The highest BCUT2D eigenvalue weighted by atomic mass is 32.1. The number of aromatic nitrogens is 1. The third kappa shape index (κ3) is 2.64. The molecule has 6 rings (SSSR count). The molecule has 0 unspecified atom stereocenters. The van der Waals surface area contributed by atoms with Gasteiger partial charge in [0.05, 0.1) is 5.69 Å². The van der Waals surface area contributed by atoms with Gasteiger partial charge in [-0.1, -0.05) is 82.3 Å². The van der Waals surface area contributed by atoms with Crippen molar-refractivity contribution in [2.24, 2.45) is 0 Å². The summed E-state index contributed by atoms with van der Waals surface area (Å²) >= 11 is 1.92. The first-order chi connectivity index (χ1) is 14.9. The molecule has 0 atom stereocenters. The number of hydrogen-bond donors (Lipinski definition) is 0. The molecule has 5 aromatic rings. The van der Waals surface area contributed by atoms with E-state index >= 15 is 0 Å². The van der Waals surface area contributed by atoms with Crippen LogP contribution in [0.4, 0.5) is 0 Å². The minimum atomic E-state index is -0.0120. The van der Waals surface area contributed by atoms with Crippen molar-refractivity contribution in [2.45, 2.75) is 39.0 Å². The highest BCUT2D eigenvalue weighted by Gasteiger charge is 2.40. The normalized spacial score (nSPS) is 14.4. The van der Waals surface area contributed by atoms with Gasteiger partial charge in [-0.15, -0.1) is 11.3 Å². The Kier molecular flexibility index (Phi) is 3.94. The quantitative estimate of drug-likeness (QED) is 0.279. The smallest absolute Gasteiger partial charge is 0.0715 e. The Morgan fingerprint density at radius 3 is 2.55 bits per heavy atom. The van der Waals surface area contributed by atoms with Crippen LogP contribution in [0.3, 0.4) is 0 Å². The molecule has 0 N–H and O–H groups in total. The molecule has 0 spiro atoms. The zero-order chi connectivity index (χ0) is 21.3. The Labute approximate surface area is 187 Å². The maximum absolute atomic E-state index is 4.91. The fourth-order valence-corrected chi connectivity index (χ4v) is 6.61. The number of hydrogen-bond acceptors (Lipinski definition) is 2. The summed E-state index contributed by atoms with van der Waals surface area (Å²) in [4.78, 5) is 6.32. The lowest BCUT2D eigenvalue weighted by atomic mass is 9.81. The van der Waals surface area contributed by atoms with E-state index in [-0.39, 0.29) is 5.41 Å². The van der Waals surface area contributed by atoms with Gasteiger partial charge in [0.1, 0.15) is 0 Å². The zero-order valence-corrected chi connectivity index (χ0v) is 19.2. The molecule has 0 bridgehead atoms. The van der Waals surface area contributed by atoms with Gasteiger partial charge in [-0.2, -0.15) is 0 Å². The minimum Gasteiger partial charge on any atom is -0.256 e. The molecule has 1 aliphatic rings. The Morgan fingerprint density at radius 2 is 1.71 bits per heavy atom. The first-order valence-corrected chi connectivity index (χ1v) is 11.8. The van der Waals surface area contributed by atoms with Crippen molar-refractivity contribution in [3.63, 3.8) is 0 Å². The molecule has 0 saturated carbocycles. The number of rotatable bonds is 2. The number of nitrogens with zero attached hydrogens (tertiary/aromatic N) is 1. The highest BCUT2D eigenvalue weighted by Crippen LogP contribution is 2.57. The molecule has 0 amide bonds. The van der Waals surface area contributed by atoms with Crippen LogP contribution >= 0.6 is 11.3 Å². The van der Waals surface area contributed by atoms with Crippen molar-refractivity contribution in [1.82, 2.24) is 4.98 Å². The maximum atomic E-state index is 4.91. The van der Waals surface area contributed by atoms with E-state index in [1.165, 1.54) is 53.6 Å². The number of benzene rings is 3. The molecule has 3 aromatic carbocycles. The van der Waals surface area contributed by atoms with Gasteiger partial charge in [-0.25, -0.2) is 0 Å². The van der Waals surface area contributed by atoms with E-state index in [4.69, 9.17) is 4.98 Å². The first-order valence-electron chi connectivity index (χ1n) is 11.0. The Bertz CT molecular complexity index is 1490. The summed E-state index contributed by atoms with van der Waals surface area (Å²) in [7, 11) is 0. The Morgan fingerprint density at radius 1 is 0.871 bits per heavy atom. The lowest BCUT2D eigenvalue weighted by Crippen LogP contribution is -2.14. The highest BCUT2D eigenvalue weighted by molar-refractivity contribution is 7.22. The molecular formula is C29H25NS. The summed E-state index contributed by atoms with van der Waals surface area (Å²) in [5.41, 5.74) is 7.92. The number of pyridine rings is 1. The summed E-state index contributed by atoms with van der Waals surface area (Å²) in [5.74, 6) is 0.517. The molecule has 2 aromatic heterocycles. The fourth-order valence-electron chi connectivity index (χ4n) is 5.17. The van der Waals surface area contributed by atoms with Gasteiger partial charge < -0.3 is 0 Å². The molecule has 152 valence electrons. The van der Waals surface area contributed by atoms with Crippen molar-refractivity contribution < 1.29 is 0 Å². The largest absolute Gasteiger partial charge is 0.256 e. The van der Waals surface area contributed by atoms with Gasteiger partial charge in [0.2, 0.25) is 0 Å². The summed E-state index contributed by atoms with van der Waals surface area (Å²) in [6.45, 7) is 9.23. The molecule has 1 aliphatic carbocycles. The molecule has 0 aliphatic heterocycles.